The van der Waals surface area contributed by atoms with Gasteiger partial charge in [-0.2, -0.15) is 0 Å². The molecule has 6 heteroatoms. The lowest BCUT2D eigenvalue weighted by Crippen LogP contribution is -2.48. The van der Waals surface area contributed by atoms with Crippen molar-refractivity contribution in [1.29, 1.82) is 0 Å². The summed E-state index contributed by atoms with van der Waals surface area (Å²) in [6, 6.07) is 0. The molecule has 2 fully saturated rings. The molecule has 0 aromatic carbocycles. The van der Waals surface area contributed by atoms with E-state index in [1.54, 1.807) is 0 Å². The molecule has 190 valence electrons. The average Bonchev–Trinajstić information content (AvgIpc) is 2.77. The summed E-state index contributed by atoms with van der Waals surface area (Å²) in [5.41, 5.74) is 0.695. The molecule has 4 atom stereocenters. The molecule has 0 saturated heterocycles. The van der Waals surface area contributed by atoms with Crippen LogP contribution in [0.5, 0.6) is 0 Å². The van der Waals surface area contributed by atoms with Gasteiger partial charge in [-0.1, -0.05) is 20.3 Å². The highest BCUT2D eigenvalue weighted by Crippen LogP contribution is 2.65. The van der Waals surface area contributed by atoms with Crippen molar-refractivity contribution in [2.24, 2.45) is 22.2 Å². The molecule has 2 bridgehead atoms. The van der Waals surface area contributed by atoms with Crippen molar-refractivity contribution >= 4 is 17.9 Å². The van der Waals surface area contributed by atoms with E-state index < -0.39 is 0 Å². The van der Waals surface area contributed by atoms with Gasteiger partial charge >= 0.3 is 17.9 Å². The summed E-state index contributed by atoms with van der Waals surface area (Å²) < 4.78 is 14.6. The average molecular weight is 467 g/mol. The van der Waals surface area contributed by atoms with E-state index in [2.05, 4.69) is 13.8 Å². The van der Waals surface area contributed by atoms with Crippen LogP contribution < -0.4 is 0 Å². The maximum absolute atomic E-state index is 11.8. The highest BCUT2D eigenvalue weighted by Gasteiger charge is 2.53. The van der Waals surface area contributed by atoms with Gasteiger partial charge in [0.05, 0.1) is 21.3 Å². The Kier molecular flexibility index (Phi) is 10.2. The van der Waals surface area contributed by atoms with Gasteiger partial charge < -0.3 is 14.2 Å². The molecule has 0 radical (unpaired) electrons. The van der Waals surface area contributed by atoms with E-state index in [0.29, 0.717) is 25.2 Å². The number of carbonyl (C=O) groups excluding carboxylic acids is 3. The quantitative estimate of drug-likeness (QED) is 0.245. The highest BCUT2D eigenvalue weighted by molar-refractivity contribution is 5.69. The number of carbonyl (C=O) groups is 3. The Hall–Kier alpha value is -1.59. The number of hydrogen-bond donors (Lipinski definition) is 0. The number of rotatable bonds is 13. The van der Waals surface area contributed by atoms with Gasteiger partial charge in [-0.3, -0.25) is 14.4 Å². The van der Waals surface area contributed by atoms with Crippen LogP contribution in [0.1, 0.15) is 110 Å². The second kappa shape index (κ2) is 12.2. The van der Waals surface area contributed by atoms with E-state index in [9.17, 15) is 14.4 Å². The normalized spacial score (nSPS) is 31.0. The summed E-state index contributed by atoms with van der Waals surface area (Å²) in [6.45, 7) is 4.71. The predicted octanol–water partition coefficient (Wildman–Crippen LogP) is 6.00. The Bertz CT molecular complexity index is 674. The Balaban J connectivity index is 2.15. The zero-order valence-electron chi connectivity index (χ0n) is 21.6. The third-order valence-electron chi connectivity index (χ3n) is 8.55. The minimum absolute atomic E-state index is 0.122. The van der Waals surface area contributed by atoms with Gasteiger partial charge in [0.15, 0.2) is 0 Å². The first kappa shape index (κ1) is 27.7. The van der Waals surface area contributed by atoms with E-state index >= 15 is 0 Å². The number of methoxy groups -OCH3 is 3. The Labute approximate surface area is 200 Å². The van der Waals surface area contributed by atoms with Crippen molar-refractivity contribution in [3.8, 4) is 0 Å². The lowest BCUT2D eigenvalue weighted by atomic mass is 9.46. The topological polar surface area (TPSA) is 78.9 Å². The lowest BCUT2D eigenvalue weighted by molar-refractivity contribution is -0.141. The zero-order valence-corrected chi connectivity index (χ0v) is 21.6. The fourth-order valence-electron chi connectivity index (χ4n) is 7.48. The van der Waals surface area contributed by atoms with Crippen LogP contribution in [-0.4, -0.2) is 39.2 Å². The summed E-state index contributed by atoms with van der Waals surface area (Å²) in [7, 11) is 4.37. The molecule has 4 unspecified atom stereocenters. The molecule has 0 heterocycles. The molecule has 0 N–H and O–H groups in total. The molecule has 2 rings (SSSR count). The molecular formula is C27H46O6. The first-order chi connectivity index (χ1) is 15.6. The number of ether oxygens (including phenoxy) is 3. The van der Waals surface area contributed by atoms with Crippen molar-refractivity contribution in [3.05, 3.63) is 0 Å². The largest absolute Gasteiger partial charge is 0.469 e. The van der Waals surface area contributed by atoms with Crippen molar-refractivity contribution < 1.29 is 28.6 Å². The molecular weight excluding hydrogens is 420 g/mol. The van der Waals surface area contributed by atoms with E-state index in [4.69, 9.17) is 14.2 Å². The summed E-state index contributed by atoms with van der Waals surface area (Å²) in [5.74, 6) is 0.281. The molecule has 33 heavy (non-hydrogen) atoms. The third kappa shape index (κ3) is 7.99. The molecule has 0 aromatic rings. The van der Waals surface area contributed by atoms with E-state index in [0.717, 1.165) is 51.4 Å². The molecule has 0 aromatic heterocycles. The molecule has 0 spiro atoms. The van der Waals surface area contributed by atoms with Gasteiger partial charge in [-0.15, -0.1) is 0 Å². The second-order valence-electron chi connectivity index (χ2n) is 11.3. The van der Waals surface area contributed by atoms with Crippen LogP contribution in [0.2, 0.25) is 0 Å². The Morgan fingerprint density at radius 1 is 0.727 bits per heavy atom. The molecule has 0 amide bonds. The fraction of sp³-hybridized carbons (Fsp3) is 0.889. The molecule has 2 aliphatic carbocycles. The Morgan fingerprint density at radius 3 is 1.76 bits per heavy atom. The van der Waals surface area contributed by atoms with E-state index in [1.807, 2.05) is 0 Å². The van der Waals surface area contributed by atoms with Gasteiger partial charge in [0.1, 0.15) is 0 Å². The smallest absolute Gasteiger partial charge is 0.305 e. The summed E-state index contributed by atoms with van der Waals surface area (Å²) in [5, 5.41) is 0. The Morgan fingerprint density at radius 2 is 1.24 bits per heavy atom. The second-order valence-corrected chi connectivity index (χ2v) is 11.3. The maximum Gasteiger partial charge on any atom is 0.305 e. The lowest BCUT2D eigenvalue weighted by Gasteiger charge is -2.59. The summed E-state index contributed by atoms with van der Waals surface area (Å²) in [4.78, 5) is 35.1. The molecule has 0 aliphatic heterocycles. The van der Waals surface area contributed by atoms with Crippen LogP contribution in [-0.2, 0) is 28.6 Å². The first-order valence-electron chi connectivity index (χ1n) is 12.8. The van der Waals surface area contributed by atoms with Gasteiger partial charge in [0.25, 0.3) is 0 Å². The summed E-state index contributed by atoms with van der Waals surface area (Å²) in [6.07, 6.45) is 14.3. The molecule has 2 aliphatic rings. The number of fused-ring (bicyclic) bond motifs is 2. The van der Waals surface area contributed by atoms with Gasteiger partial charge in [0, 0.05) is 19.3 Å². The molecule has 2 saturated carbocycles. The minimum Gasteiger partial charge on any atom is -0.469 e. The van der Waals surface area contributed by atoms with E-state index in [1.165, 1.54) is 47.0 Å². The number of esters is 3. The fourth-order valence-corrected chi connectivity index (χ4v) is 7.48. The SMILES string of the molecule is CCC1(CCCC(=O)OC)CC2CC(C)(CCCC(=O)OC)CC(CCCC(=O)OC)(C2)C1. The van der Waals surface area contributed by atoms with Gasteiger partial charge in [-0.25, -0.2) is 0 Å². The van der Waals surface area contributed by atoms with Crippen molar-refractivity contribution in [1.82, 2.24) is 0 Å². The molecule has 6 nitrogen and oxygen atoms in total. The van der Waals surface area contributed by atoms with Crippen LogP contribution in [0.3, 0.4) is 0 Å². The van der Waals surface area contributed by atoms with Crippen molar-refractivity contribution in [3.63, 3.8) is 0 Å². The first-order valence-corrected chi connectivity index (χ1v) is 12.8. The monoisotopic (exact) mass is 466 g/mol. The highest BCUT2D eigenvalue weighted by atomic mass is 16.5. The van der Waals surface area contributed by atoms with Gasteiger partial charge in [-0.05, 0) is 92.8 Å². The maximum atomic E-state index is 11.8. The van der Waals surface area contributed by atoms with Gasteiger partial charge in [0.2, 0.25) is 0 Å². The minimum atomic E-state index is -0.129. The number of hydrogen-bond acceptors (Lipinski definition) is 6. The van der Waals surface area contributed by atoms with Crippen LogP contribution in [0.25, 0.3) is 0 Å². The summed E-state index contributed by atoms with van der Waals surface area (Å²) >= 11 is 0. The van der Waals surface area contributed by atoms with E-state index in [-0.39, 0.29) is 34.2 Å². The predicted molar refractivity (Wildman–Crippen MR) is 127 cm³/mol. The van der Waals surface area contributed by atoms with Crippen LogP contribution >= 0.6 is 0 Å². The van der Waals surface area contributed by atoms with Crippen LogP contribution in [0.15, 0.2) is 0 Å². The van der Waals surface area contributed by atoms with Crippen molar-refractivity contribution in [2.75, 3.05) is 21.3 Å². The van der Waals surface area contributed by atoms with Crippen LogP contribution in [0.4, 0.5) is 0 Å². The van der Waals surface area contributed by atoms with Crippen molar-refractivity contribution in [2.45, 2.75) is 110 Å². The third-order valence-corrected chi connectivity index (χ3v) is 8.55. The van der Waals surface area contributed by atoms with Crippen LogP contribution in [0, 0.1) is 22.2 Å². The standard InChI is InChI=1S/C27H46O6/c1-6-26(14-8-11-23(29)32-4)17-21-16-25(2,13-7-10-22(28)31-3)19-27(18-21,20-26)15-9-12-24(30)33-5/h21H,6-20H2,1-5H3. The zero-order chi connectivity index (χ0) is 24.5.